The van der Waals surface area contributed by atoms with Crippen LogP contribution in [0, 0.1) is 0 Å². The molecular weight excluding hydrogens is 228 g/mol. The molecule has 2 amide bonds. The Morgan fingerprint density at radius 2 is 1.00 bits per heavy atom. The maximum absolute atomic E-state index is 10.4. The van der Waals surface area contributed by atoms with Crippen molar-refractivity contribution in [3.63, 3.8) is 0 Å². The lowest BCUT2D eigenvalue weighted by atomic mass is 10.1. The fraction of sp³-hybridized carbons (Fsp3) is 0.571. The van der Waals surface area contributed by atoms with Gasteiger partial charge in [0.05, 0.1) is 0 Å². The van der Waals surface area contributed by atoms with Crippen LogP contribution < -0.4 is 11.5 Å². The molecule has 0 rings (SSSR count). The molecule has 0 heterocycles. The van der Waals surface area contributed by atoms with Crippen molar-refractivity contribution in [2.24, 2.45) is 11.5 Å². The van der Waals surface area contributed by atoms with Gasteiger partial charge in [-0.1, -0.05) is 37.8 Å². The van der Waals surface area contributed by atoms with E-state index in [-0.39, 0.29) is 11.8 Å². The van der Waals surface area contributed by atoms with Gasteiger partial charge in [0.2, 0.25) is 11.8 Å². The third-order valence-electron chi connectivity index (χ3n) is 2.56. The van der Waals surface area contributed by atoms with Gasteiger partial charge in [-0.25, -0.2) is 0 Å². The lowest BCUT2D eigenvalue weighted by Gasteiger charge is -1.99. The first-order valence-corrected chi connectivity index (χ1v) is 6.55. The zero-order chi connectivity index (χ0) is 13.6. The van der Waals surface area contributed by atoms with Crippen LogP contribution in [-0.2, 0) is 9.59 Å². The van der Waals surface area contributed by atoms with Crippen LogP contribution in [0.1, 0.15) is 51.4 Å². The minimum Gasteiger partial charge on any atom is -0.366 e. The molecule has 4 nitrogen and oxygen atoms in total. The average Bonchev–Trinajstić information content (AvgIpc) is 2.29. The number of carbonyl (C=O) groups is 2. The van der Waals surface area contributed by atoms with Crippen LogP contribution in [0.3, 0.4) is 0 Å². The SMILES string of the molecule is NC(=O)C=CCCCCCCCCC=CC(N)=O. The molecule has 0 unspecified atom stereocenters. The Hall–Kier alpha value is -1.58. The van der Waals surface area contributed by atoms with E-state index in [1.165, 1.54) is 37.8 Å². The summed E-state index contributed by atoms with van der Waals surface area (Å²) in [6.45, 7) is 0. The Morgan fingerprint density at radius 3 is 1.33 bits per heavy atom. The number of amides is 2. The van der Waals surface area contributed by atoms with Gasteiger partial charge in [-0.3, -0.25) is 9.59 Å². The van der Waals surface area contributed by atoms with Crippen molar-refractivity contribution in [3.05, 3.63) is 24.3 Å². The summed E-state index contributed by atoms with van der Waals surface area (Å²) >= 11 is 0. The second kappa shape index (κ2) is 11.9. The molecule has 0 aromatic rings. The molecule has 0 saturated carbocycles. The number of hydrogen-bond acceptors (Lipinski definition) is 2. The maximum atomic E-state index is 10.4. The van der Waals surface area contributed by atoms with Gasteiger partial charge in [0.15, 0.2) is 0 Å². The fourth-order valence-corrected chi connectivity index (χ4v) is 1.63. The van der Waals surface area contributed by atoms with E-state index in [1.54, 1.807) is 0 Å². The van der Waals surface area contributed by atoms with Gasteiger partial charge >= 0.3 is 0 Å². The van der Waals surface area contributed by atoms with Gasteiger partial charge in [-0.2, -0.15) is 0 Å². The molecule has 0 radical (unpaired) electrons. The van der Waals surface area contributed by atoms with Crippen molar-refractivity contribution in [1.29, 1.82) is 0 Å². The lowest BCUT2D eigenvalue weighted by molar-refractivity contribution is -0.114. The monoisotopic (exact) mass is 252 g/mol. The lowest BCUT2D eigenvalue weighted by Crippen LogP contribution is -2.05. The van der Waals surface area contributed by atoms with E-state index in [9.17, 15) is 9.59 Å². The van der Waals surface area contributed by atoms with Crippen LogP contribution in [-0.4, -0.2) is 11.8 Å². The van der Waals surface area contributed by atoms with E-state index in [4.69, 9.17) is 11.5 Å². The Bertz CT molecular complexity index is 266. The maximum Gasteiger partial charge on any atom is 0.241 e. The van der Waals surface area contributed by atoms with Crippen LogP contribution in [0.25, 0.3) is 0 Å². The quantitative estimate of drug-likeness (QED) is 0.436. The topological polar surface area (TPSA) is 86.2 Å². The Kier molecular flexibility index (Phi) is 10.8. The van der Waals surface area contributed by atoms with Gasteiger partial charge in [0.1, 0.15) is 0 Å². The van der Waals surface area contributed by atoms with E-state index in [0.717, 1.165) is 25.7 Å². The number of rotatable bonds is 11. The zero-order valence-electron chi connectivity index (χ0n) is 10.9. The number of allylic oxidation sites excluding steroid dienone is 2. The minimum absolute atomic E-state index is 0.376. The smallest absolute Gasteiger partial charge is 0.241 e. The van der Waals surface area contributed by atoms with Gasteiger partial charge in [0, 0.05) is 0 Å². The first-order valence-electron chi connectivity index (χ1n) is 6.55. The summed E-state index contributed by atoms with van der Waals surface area (Å²) in [5.74, 6) is -0.752. The van der Waals surface area contributed by atoms with Gasteiger partial charge in [0.25, 0.3) is 0 Å². The number of primary amides is 2. The van der Waals surface area contributed by atoms with Gasteiger partial charge in [-0.15, -0.1) is 0 Å². The van der Waals surface area contributed by atoms with Crippen molar-refractivity contribution in [3.8, 4) is 0 Å². The molecule has 0 aromatic heterocycles. The molecule has 0 bridgehead atoms. The first-order chi connectivity index (χ1) is 8.63. The van der Waals surface area contributed by atoms with Crippen molar-refractivity contribution in [2.75, 3.05) is 0 Å². The summed E-state index contributed by atoms with van der Waals surface area (Å²) < 4.78 is 0. The van der Waals surface area contributed by atoms with E-state index in [2.05, 4.69) is 0 Å². The van der Waals surface area contributed by atoms with Crippen molar-refractivity contribution >= 4 is 11.8 Å². The molecule has 102 valence electrons. The van der Waals surface area contributed by atoms with Crippen LogP contribution in [0.15, 0.2) is 24.3 Å². The number of nitrogens with two attached hydrogens (primary N) is 2. The molecular formula is C14H24N2O2. The molecule has 0 saturated heterocycles. The highest BCUT2D eigenvalue weighted by Gasteiger charge is 1.91. The van der Waals surface area contributed by atoms with E-state index >= 15 is 0 Å². The van der Waals surface area contributed by atoms with Crippen LogP contribution in [0.2, 0.25) is 0 Å². The predicted molar refractivity (Wildman–Crippen MR) is 73.6 cm³/mol. The summed E-state index contributed by atoms with van der Waals surface area (Å²) in [6.07, 6.45) is 15.3. The van der Waals surface area contributed by atoms with Gasteiger partial charge in [-0.05, 0) is 37.8 Å². The second-order valence-corrected chi connectivity index (χ2v) is 4.31. The molecule has 0 aliphatic heterocycles. The third-order valence-corrected chi connectivity index (χ3v) is 2.56. The Morgan fingerprint density at radius 1 is 0.667 bits per heavy atom. The molecule has 4 N–H and O–H groups in total. The predicted octanol–water partition coefficient (Wildman–Crippen LogP) is 2.19. The Balaban J connectivity index is 3.17. The van der Waals surface area contributed by atoms with Crippen molar-refractivity contribution in [1.82, 2.24) is 0 Å². The van der Waals surface area contributed by atoms with E-state index in [1.807, 2.05) is 12.2 Å². The minimum atomic E-state index is -0.376. The molecule has 0 aromatic carbocycles. The summed E-state index contributed by atoms with van der Waals surface area (Å²) in [5, 5.41) is 0. The highest BCUT2D eigenvalue weighted by molar-refractivity contribution is 5.85. The zero-order valence-corrected chi connectivity index (χ0v) is 10.9. The standard InChI is InChI=1S/C14H24N2O2/c15-13(17)11-9-7-5-3-1-2-4-6-8-10-12-14(16)18/h9-12H,1-8H2,(H2,15,17)(H2,16,18). The highest BCUT2D eigenvalue weighted by Crippen LogP contribution is 2.09. The number of carbonyl (C=O) groups excluding carboxylic acids is 2. The largest absolute Gasteiger partial charge is 0.366 e. The normalized spacial score (nSPS) is 11.3. The first kappa shape index (κ1) is 16.4. The van der Waals surface area contributed by atoms with Crippen molar-refractivity contribution in [2.45, 2.75) is 51.4 Å². The highest BCUT2D eigenvalue weighted by atomic mass is 16.1. The Labute approximate surface area is 109 Å². The van der Waals surface area contributed by atoms with Crippen LogP contribution in [0.4, 0.5) is 0 Å². The van der Waals surface area contributed by atoms with E-state index < -0.39 is 0 Å². The van der Waals surface area contributed by atoms with Crippen LogP contribution >= 0.6 is 0 Å². The molecule has 0 aliphatic carbocycles. The molecule has 0 spiro atoms. The number of unbranched alkanes of at least 4 members (excludes halogenated alkanes) is 7. The molecule has 4 heteroatoms. The molecule has 0 atom stereocenters. The van der Waals surface area contributed by atoms with E-state index in [0.29, 0.717) is 0 Å². The van der Waals surface area contributed by atoms with Gasteiger partial charge < -0.3 is 11.5 Å². The molecule has 0 fully saturated rings. The average molecular weight is 252 g/mol. The second-order valence-electron chi connectivity index (χ2n) is 4.31. The van der Waals surface area contributed by atoms with Crippen LogP contribution in [0.5, 0.6) is 0 Å². The molecule has 18 heavy (non-hydrogen) atoms. The summed E-state index contributed by atoms with van der Waals surface area (Å²) in [5.41, 5.74) is 9.94. The summed E-state index contributed by atoms with van der Waals surface area (Å²) in [7, 11) is 0. The molecule has 0 aliphatic rings. The summed E-state index contributed by atoms with van der Waals surface area (Å²) in [4.78, 5) is 20.8. The fourth-order valence-electron chi connectivity index (χ4n) is 1.63. The third kappa shape index (κ3) is 14.4. The van der Waals surface area contributed by atoms with Crippen molar-refractivity contribution < 1.29 is 9.59 Å². The number of hydrogen-bond donors (Lipinski definition) is 2. The summed E-state index contributed by atoms with van der Waals surface area (Å²) in [6, 6.07) is 0.